The molecule has 6 atom stereocenters. The summed E-state index contributed by atoms with van der Waals surface area (Å²) in [6.07, 6.45) is 0.507. The molecule has 2 fully saturated rings. The van der Waals surface area contributed by atoms with Gasteiger partial charge in [0.05, 0.1) is 34.3 Å². The number of rotatable bonds is 6. The molecular formula is C43H42Cl2F2N6O10. The number of pyridine rings is 2. The van der Waals surface area contributed by atoms with Crippen molar-refractivity contribution in [2.45, 2.75) is 96.8 Å². The van der Waals surface area contributed by atoms with Crippen molar-refractivity contribution < 1.29 is 47.6 Å². The van der Waals surface area contributed by atoms with Crippen LogP contribution in [0.15, 0.2) is 46.0 Å². The van der Waals surface area contributed by atoms with Crippen LogP contribution in [-0.2, 0) is 35.4 Å². The molecule has 4 unspecified atom stereocenters. The monoisotopic (exact) mass is 910 g/mol. The molecule has 4 amide bonds. The van der Waals surface area contributed by atoms with E-state index in [0.717, 1.165) is 0 Å². The molecule has 0 bridgehead atoms. The Kier molecular flexibility index (Phi) is 11.4. The van der Waals surface area contributed by atoms with E-state index in [-0.39, 0.29) is 88.5 Å². The van der Waals surface area contributed by atoms with Crippen LogP contribution < -0.4 is 21.5 Å². The number of aromatic nitrogens is 2. The molecule has 4 N–H and O–H groups in total. The van der Waals surface area contributed by atoms with Crippen molar-refractivity contribution >= 4 is 46.8 Å². The second-order valence-corrected chi connectivity index (χ2v) is 16.8. The molecule has 16 nitrogen and oxygen atoms in total. The van der Waals surface area contributed by atoms with Crippen molar-refractivity contribution in [2.75, 3.05) is 13.1 Å². The first-order valence-electron chi connectivity index (χ1n) is 19.9. The van der Waals surface area contributed by atoms with Gasteiger partial charge in [-0.25, -0.2) is 8.78 Å². The minimum atomic E-state index is -0.911. The lowest BCUT2D eigenvalue weighted by atomic mass is 10.1. The van der Waals surface area contributed by atoms with E-state index in [1.165, 1.54) is 34.1 Å². The normalized spacial score (nSPS) is 23.3. The third kappa shape index (κ3) is 6.94. The fourth-order valence-corrected chi connectivity index (χ4v) is 9.94. The van der Waals surface area contributed by atoms with Crippen LogP contribution in [0.1, 0.15) is 110 Å². The van der Waals surface area contributed by atoms with E-state index < -0.39 is 70.1 Å². The van der Waals surface area contributed by atoms with E-state index in [1.807, 2.05) is 13.8 Å². The third-order valence-electron chi connectivity index (χ3n) is 12.2. The number of hydrogen-bond donors (Lipinski definition) is 4. The molecule has 8 heterocycles. The van der Waals surface area contributed by atoms with Gasteiger partial charge in [-0.2, -0.15) is 0 Å². The van der Waals surface area contributed by atoms with E-state index in [0.29, 0.717) is 50.2 Å². The van der Waals surface area contributed by atoms with Gasteiger partial charge in [0, 0.05) is 48.7 Å². The highest BCUT2D eigenvalue weighted by Gasteiger charge is 2.52. The van der Waals surface area contributed by atoms with E-state index in [4.69, 9.17) is 32.7 Å². The number of halogens is 4. The van der Waals surface area contributed by atoms with Crippen LogP contribution in [0, 0.1) is 11.6 Å². The summed E-state index contributed by atoms with van der Waals surface area (Å²) in [7, 11) is 0. The van der Waals surface area contributed by atoms with Gasteiger partial charge in [0.2, 0.25) is 10.9 Å². The maximum absolute atomic E-state index is 14.1. The largest absolute Gasteiger partial charge is 0.503 e. The number of carbonyl (C=O) groups excluding carboxylic acids is 4. The van der Waals surface area contributed by atoms with Gasteiger partial charge < -0.3 is 49.3 Å². The highest BCUT2D eigenvalue weighted by atomic mass is 35.5. The average molecular weight is 912 g/mol. The van der Waals surface area contributed by atoms with E-state index in [2.05, 4.69) is 10.6 Å². The van der Waals surface area contributed by atoms with Crippen LogP contribution in [0.5, 0.6) is 11.5 Å². The molecule has 4 aromatic rings. The summed E-state index contributed by atoms with van der Waals surface area (Å²) >= 11 is 11.5. The molecule has 2 saturated heterocycles. The van der Waals surface area contributed by atoms with Crippen molar-refractivity contribution in [2.24, 2.45) is 0 Å². The molecule has 6 aliphatic rings. The summed E-state index contributed by atoms with van der Waals surface area (Å²) in [5.41, 5.74) is -1.42. The minimum absolute atomic E-state index is 0. The summed E-state index contributed by atoms with van der Waals surface area (Å²) in [5, 5.41) is 26.1. The zero-order valence-electron chi connectivity index (χ0n) is 33.0. The van der Waals surface area contributed by atoms with Crippen LogP contribution in [-0.4, -0.2) is 90.5 Å². The fourth-order valence-electron chi connectivity index (χ4n) is 9.55. The van der Waals surface area contributed by atoms with Gasteiger partial charge >= 0.3 is 0 Å². The van der Waals surface area contributed by atoms with E-state index in [1.54, 1.807) is 21.3 Å². The molecule has 20 heteroatoms. The number of benzene rings is 2. The van der Waals surface area contributed by atoms with Crippen molar-refractivity contribution in [3.63, 3.8) is 0 Å². The predicted molar refractivity (Wildman–Crippen MR) is 222 cm³/mol. The Morgan fingerprint density at radius 1 is 0.698 bits per heavy atom. The van der Waals surface area contributed by atoms with Gasteiger partial charge in [-0.15, -0.1) is 0 Å². The Bertz CT molecular complexity index is 2580. The number of nitrogens with zero attached hydrogens (tertiary/aromatic N) is 4. The topological polar surface area (TPSA) is 202 Å². The second-order valence-electron chi connectivity index (χ2n) is 16.0. The molecule has 0 aliphatic carbocycles. The van der Waals surface area contributed by atoms with Crippen molar-refractivity contribution in [1.29, 1.82) is 0 Å². The van der Waals surface area contributed by atoms with Gasteiger partial charge in [-0.05, 0) is 51.7 Å². The Hall–Kier alpha value is -5.82. The van der Waals surface area contributed by atoms with Crippen LogP contribution >= 0.6 is 23.2 Å². The average Bonchev–Trinajstić information content (AvgIpc) is 4.05. The third-order valence-corrected chi connectivity index (χ3v) is 12.8. The van der Waals surface area contributed by atoms with Crippen molar-refractivity contribution in [3.05, 3.63) is 124 Å². The summed E-state index contributed by atoms with van der Waals surface area (Å²) in [4.78, 5) is 80.6. The highest BCUT2D eigenvalue weighted by Crippen LogP contribution is 2.44. The van der Waals surface area contributed by atoms with Gasteiger partial charge in [-0.1, -0.05) is 54.9 Å². The summed E-state index contributed by atoms with van der Waals surface area (Å²) < 4.78 is 43.2. The fraction of sp³-hybridized carbons (Fsp3) is 0.395. The number of carbonyl (C=O) groups is 4. The number of aromatic hydroxyl groups is 2. The van der Waals surface area contributed by atoms with Gasteiger partial charge in [-0.3, -0.25) is 28.8 Å². The van der Waals surface area contributed by atoms with Crippen LogP contribution in [0.3, 0.4) is 0 Å². The molecule has 10 rings (SSSR count). The predicted octanol–water partition coefficient (Wildman–Crippen LogP) is 4.56. The number of ether oxygens (including phenoxy) is 2. The van der Waals surface area contributed by atoms with Crippen LogP contribution in [0.25, 0.3) is 0 Å². The molecule has 0 spiro atoms. The van der Waals surface area contributed by atoms with E-state index >= 15 is 0 Å². The molecule has 2 aromatic heterocycles. The number of nitrogens with one attached hydrogen (secondary N) is 2. The molecule has 63 heavy (non-hydrogen) atoms. The van der Waals surface area contributed by atoms with Crippen molar-refractivity contribution in [3.8, 4) is 11.5 Å². The number of hydrogen-bond acceptors (Lipinski definition) is 10. The summed E-state index contributed by atoms with van der Waals surface area (Å²) in [6, 6.07) is 8.24. The Labute approximate surface area is 367 Å². The highest BCUT2D eigenvalue weighted by molar-refractivity contribution is 6.31. The molecule has 6 aliphatic heterocycles. The van der Waals surface area contributed by atoms with Gasteiger partial charge in [0.1, 0.15) is 22.8 Å². The molecule has 0 radical (unpaired) electrons. The standard InChI is InChI=1S/2C21H19ClFN3O5.CH4/c2*1-9-8-25-20(30)16-18(28)17(27)14(12-5-6-13(26(12)16)21(25)31-9)19(29)24-7-10-3-2-4-11(22)15(10)23;/h2*2-4,9,13,21,28H,5-8H2,1H3,(H,24,29);1H4/t2*9-,13?,21?;/m10./s1. The van der Waals surface area contributed by atoms with E-state index in [9.17, 15) is 47.8 Å². The number of fused-ring (bicyclic) bond motifs is 4. The summed E-state index contributed by atoms with van der Waals surface area (Å²) in [6.45, 7) is 4.07. The zero-order chi connectivity index (χ0) is 44.0. The Morgan fingerprint density at radius 3 is 1.46 bits per heavy atom. The SMILES string of the molecule is C.C[C@@H]1CN2C(=O)c3c(O)c(=O)c(C(=O)NCc4cccc(Cl)c4F)c4n3C(CC4)C2O1.C[C@H]1CN2C(=O)c3c(O)c(=O)c(C(=O)NCc4cccc(Cl)c4F)c4n3C(CC4)C2O1. The second kappa shape index (κ2) is 16.4. The maximum Gasteiger partial charge on any atom is 0.276 e. The van der Waals surface area contributed by atoms with Crippen molar-refractivity contribution in [1.82, 2.24) is 29.6 Å². The molecule has 2 aromatic carbocycles. The molecular weight excluding hydrogens is 869 g/mol. The number of amides is 4. The Morgan fingerprint density at radius 2 is 1.08 bits per heavy atom. The van der Waals surface area contributed by atoms with Crippen LogP contribution in [0.4, 0.5) is 8.78 Å². The quantitative estimate of drug-likeness (QED) is 0.213. The first-order valence-corrected chi connectivity index (χ1v) is 20.7. The van der Waals surface area contributed by atoms with Gasteiger partial charge in [0.25, 0.3) is 23.6 Å². The maximum atomic E-state index is 14.1. The smallest absolute Gasteiger partial charge is 0.276 e. The first kappa shape index (κ1) is 43.8. The lowest BCUT2D eigenvalue weighted by Crippen LogP contribution is -2.48. The summed E-state index contributed by atoms with van der Waals surface area (Å²) in [5.74, 6) is -5.29. The first-order chi connectivity index (χ1) is 29.6. The Balaban J connectivity index is 0.000000170. The lowest BCUT2D eigenvalue weighted by Gasteiger charge is -2.36. The van der Waals surface area contributed by atoms with Gasteiger partial charge in [0.15, 0.2) is 35.3 Å². The molecule has 332 valence electrons. The zero-order valence-corrected chi connectivity index (χ0v) is 34.6. The minimum Gasteiger partial charge on any atom is -0.503 e. The molecule has 0 saturated carbocycles. The lowest BCUT2D eigenvalue weighted by molar-refractivity contribution is -0.0313. The van der Waals surface area contributed by atoms with Crippen LogP contribution in [0.2, 0.25) is 10.0 Å².